The molecular weight excluding hydrogens is 460 g/mol. The Morgan fingerprint density at radius 2 is 1.17 bits per heavy atom. The maximum atomic E-state index is 13.8. The van der Waals surface area contributed by atoms with Gasteiger partial charge in [-0.05, 0) is 53.8 Å². The van der Waals surface area contributed by atoms with Crippen LogP contribution < -0.4 is 21.2 Å². The minimum absolute atomic E-state index is 0.165. The summed E-state index contributed by atoms with van der Waals surface area (Å²) in [4.78, 5) is 0. The normalized spacial score (nSPS) is 16.8. The number of rotatable bonds is 5. The Hall–Kier alpha value is -3.74. The van der Waals surface area contributed by atoms with Gasteiger partial charge in [-0.1, -0.05) is 121 Å². The van der Waals surface area contributed by atoms with E-state index in [2.05, 4.69) is 115 Å². The van der Waals surface area contributed by atoms with Gasteiger partial charge in [0.05, 0.1) is 6.04 Å². The minimum Gasteiger partial charge on any atom is -0.377 e. The Morgan fingerprint density at radius 1 is 0.583 bits per heavy atom. The summed E-state index contributed by atoms with van der Waals surface area (Å²) in [6.07, 6.45) is 0.917. The summed E-state index contributed by atoms with van der Waals surface area (Å²) in [7, 11) is -0.764. The Balaban J connectivity index is 1.54. The van der Waals surface area contributed by atoms with E-state index < -0.39 is 7.92 Å². The predicted octanol–water partition coefficient (Wildman–Crippen LogP) is 7.27. The van der Waals surface area contributed by atoms with Crippen LogP contribution >= 0.6 is 7.92 Å². The van der Waals surface area contributed by atoms with Crippen molar-refractivity contribution in [3.63, 3.8) is 0 Å². The number of fused-ring (bicyclic) bond motifs is 1. The molecule has 1 aliphatic rings. The fraction of sp³-hybridized carbons (Fsp3) is 0.0909. The van der Waals surface area contributed by atoms with E-state index in [4.69, 9.17) is 0 Å². The lowest BCUT2D eigenvalue weighted by Crippen LogP contribution is -2.30. The van der Waals surface area contributed by atoms with Crippen LogP contribution in [0.1, 0.15) is 35.1 Å². The summed E-state index contributed by atoms with van der Waals surface area (Å²) in [5.74, 6) is -0.0200. The number of nitrogens with one attached hydrogen (secondary N) is 1. The van der Waals surface area contributed by atoms with Crippen LogP contribution in [0.25, 0.3) is 0 Å². The van der Waals surface area contributed by atoms with E-state index in [-0.39, 0.29) is 17.8 Å². The zero-order valence-corrected chi connectivity index (χ0v) is 20.8. The van der Waals surface area contributed by atoms with E-state index in [1.807, 2.05) is 12.1 Å². The lowest BCUT2D eigenvalue weighted by atomic mass is 9.80. The van der Waals surface area contributed by atoms with E-state index in [1.165, 1.54) is 32.7 Å². The first-order valence-corrected chi connectivity index (χ1v) is 13.7. The van der Waals surface area contributed by atoms with Crippen molar-refractivity contribution in [1.82, 2.24) is 0 Å². The minimum atomic E-state index is -0.764. The molecule has 0 aliphatic carbocycles. The fourth-order valence-electron chi connectivity index (χ4n) is 5.28. The third kappa shape index (κ3) is 4.45. The number of halogens is 1. The van der Waals surface area contributed by atoms with Crippen molar-refractivity contribution >= 4 is 29.5 Å². The van der Waals surface area contributed by atoms with Gasteiger partial charge in [0.15, 0.2) is 0 Å². The van der Waals surface area contributed by atoms with Gasteiger partial charge in [-0.15, -0.1) is 0 Å². The number of benzene rings is 5. The van der Waals surface area contributed by atoms with Crippen LogP contribution in [-0.4, -0.2) is 0 Å². The van der Waals surface area contributed by atoms with Crippen LogP contribution in [0.15, 0.2) is 133 Å². The third-order valence-electron chi connectivity index (χ3n) is 6.98. The largest absolute Gasteiger partial charge is 0.377 e. The average molecular weight is 488 g/mol. The average Bonchev–Trinajstić information content (AvgIpc) is 2.95. The summed E-state index contributed by atoms with van der Waals surface area (Å²) >= 11 is 0. The van der Waals surface area contributed by atoms with Crippen molar-refractivity contribution in [2.75, 3.05) is 5.32 Å². The number of para-hydroxylation sites is 1. The molecule has 1 nitrogen and oxygen atoms in total. The molecule has 0 bridgehead atoms. The van der Waals surface area contributed by atoms with Crippen molar-refractivity contribution in [2.45, 2.75) is 18.4 Å². The Labute approximate surface area is 213 Å². The molecule has 0 amide bonds. The molecule has 0 aromatic heterocycles. The Morgan fingerprint density at radius 3 is 1.78 bits per heavy atom. The highest BCUT2D eigenvalue weighted by molar-refractivity contribution is 7.80. The molecule has 0 fully saturated rings. The van der Waals surface area contributed by atoms with Gasteiger partial charge in [0, 0.05) is 16.9 Å². The molecule has 3 heteroatoms. The molecule has 5 aromatic rings. The molecule has 1 heterocycles. The molecule has 36 heavy (non-hydrogen) atoms. The van der Waals surface area contributed by atoms with Crippen LogP contribution in [0, 0.1) is 5.82 Å². The second-order valence-electron chi connectivity index (χ2n) is 9.20. The summed E-state index contributed by atoms with van der Waals surface area (Å²) in [5.41, 5.74) is 4.92. The number of hydrogen-bond donors (Lipinski definition) is 1. The van der Waals surface area contributed by atoms with E-state index in [0.717, 1.165) is 12.0 Å². The molecule has 0 radical (unpaired) electrons. The van der Waals surface area contributed by atoms with Gasteiger partial charge in [0.2, 0.25) is 0 Å². The van der Waals surface area contributed by atoms with Crippen LogP contribution in [-0.2, 0) is 0 Å². The quantitative estimate of drug-likeness (QED) is 0.257. The van der Waals surface area contributed by atoms with Crippen LogP contribution in [0.4, 0.5) is 10.1 Å². The first kappa shape index (κ1) is 22.7. The zero-order valence-electron chi connectivity index (χ0n) is 19.9. The first-order valence-electron chi connectivity index (χ1n) is 12.4. The maximum absolute atomic E-state index is 13.8. The van der Waals surface area contributed by atoms with Gasteiger partial charge in [0.25, 0.3) is 0 Å². The fourth-order valence-corrected chi connectivity index (χ4v) is 7.73. The molecule has 0 saturated heterocycles. The van der Waals surface area contributed by atoms with Crippen molar-refractivity contribution in [3.05, 3.63) is 156 Å². The summed E-state index contributed by atoms with van der Waals surface area (Å²) in [6, 6.07) is 46.3. The van der Waals surface area contributed by atoms with Crippen LogP contribution in [0.2, 0.25) is 0 Å². The standard InChI is InChI=1S/C33H27FNP/c34-26-21-19-24(20-22-26)30-23-31(25-11-4-1-5-12-25)35-33-29(30)17-10-18-32(33)36(27-13-6-2-7-14-27)28-15-8-3-9-16-28/h1-22,30-31,35H,23H2/t30-,31+/m1/s1. The lowest BCUT2D eigenvalue weighted by molar-refractivity contribution is 0.598. The third-order valence-corrected chi connectivity index (χ3v) is 9.47. The highest BCUT2D eigenvalue weighted by Gasteiger charge is 2.32. The maximum Gasteiger partial charge on any atom is 0.123 e. The van der Waals surface area contributed by atoms with Gasteiger partial charge in [0.1, 0.15) is 5.82 Å². The second-order valence-corrected chi connectivity index (χ2v) is 11.4. The Bertz CT molecular complexity index is 1400. The summed E-state index contributed by atoms with van der Waals surface area (Å²) in [6.45, 7) is 0. The van der Waals surface area contributed by atoms with Gasteiger partial charge >= 0.3 is 0 Å². The monoisotopic (exact) mass is 487 g/mol. The van der Waals surface area contributed by atoms with Crippen LogP contribution in [0.5, 0.6) is 0 Å². The molecule has 6 rings (SSSR count). The molecular formula is C33H27FNP. The predicted molar refractivity (Wildman–Crippen MR) is 151 cm³/mol. The van der Waals surface area contributed by atoms with Gasteiger partial charge < -0.3 is 5.32 Å². The highest BCUT2D eigenvalue weighted by Crippen LogP contribution is 2.46. The summed E-state index contributed by atoms with van der Waals surface area (Å²) in [5, 5.41) is 7.94. The molecule has 2 atom stereocenters. The number of hydrogen-bond acceptors (Lipinski definition) is 1. The van der Waals surface area contributed by atoms with Crippen molar-refractivity contribution in [3.8, 4) is 0 Å². The highest BCUT2D eigenvalue weighted by atomic mass is 31.1. The molecule has 5 aromatic carbocycles. The van der Waals surface area contributed by atoms with Crippen molar-refractivity contribution in [1.29, 1.82) is 0 Å². The van der Waals surface area contributed by atoms with Crippen LogP contribution in [0.3, 0.4) is 0 Å². The van der Waals surface area contributed by atoms with Gasteiger partial charge in [-0.2, -0.15) is 0 Å². The number of anilines is 1. The lowest BCUT2D eigenvalue weighted by Gasteiger charge is -2.36. The summed E-state index contributed by atoms with van der Waals surface area (Å²) < 4.78 is 13.8. The first-order chi connectivity index (χ1) is 17.8. The molecule has 0 spiro atoms. The van der Waals surface area contributed by atoms with E-state index >= 15 is 0 Å². The zero-order chi connectivity index (χ0) is 24.3. The van der Waals surface area contributed by atoms with Gasteiger partial charge in [-0.25, -0.2) is 4.39 Å². The topological polar surface area (TPSA) is 12.0 Å². The van der Waals surface area contributed by atoms with E-state index in [9.17, 15) is 4.39 Å². The molecule has 176 valence electrons. The molecule has 0 saturated carbocycles. The second kappa shape index (κ2) is 10.1. The van der Waals surface area contributed by atoms with Gasteiger partial charge in [-0.3, -0.25) is 0 Å². The van der Waals surface area contributed by atoms with Crippen molar-refractivity contribution in [2.24, 2.45) is 0 Å². The Kier molecular flexibility index (Phi) is 6.36. The van der Waals surface area contributed by atoms with E-state index in [0.29, 0.717) is 0 Å². The molecule has 1 aliphatic heterocycles. The molecule has 1 N–H and O–H groups in total. The van der Waals surface area contributed by atoms with E-state index in [1.54, 1.807) is 12.1 Å². The van der Waals surface area contributed by atoms with Crippen molar-refractivity contribution < 1.29 is 4.39 Å². The SMILES string of the molecule is Fc1ccc([C@H]2C[C@@H](c3ccccc3)Nc3c2cccc3P(c2ccccc2)c2ccccc2)cc1. The smallest absolute Gasteiger partial charge is 0.123 e. The molecule has 0 unspecified atom stereocenters.